The standard InChI is InChI=1S/C19H16FN3/c1-19(2)10-14-13(7-5-8-15(14)20)17(23-19)18-21-11-12-6-3-4-9-16(12)22-18/h3-9,11H,10H2,1-2H3. The fourth-order valence-electron chi connectivity index (χ4n) is 3.05. The van der Waals surface area contributed by atoms with Gasteiger partial charge in [-0.05, 0) is 31.5 Å². The second kappa shape index (κ2) is 4.95. The zero-order valence-electron chi connectivity index (χ0n) is 13.0. The fourth-order valence-corrected chi connectivity index (χ4v) is 3.05. The number of rotatable bonds is 1. The average Bonchev–Trinajstić information content (AvgIpc) is 2.54. The predicted molar refractivity (Wildman–Crippen MR) is 89.4 cm³/mol. The van der Waals surface area contributed by atoms with Crippen molar-refractivity contribution in [3.8, 4) is 0 Å². The van der Waals surface area contributed by atoms with Gasteiger partial charge in [-0.15, -0.1) is 0 Å². The van der Waals surface area contributed by atoms with Crippen LogP contribution < -0.4 is 0 Å². The smallest absolute Gasteiger partial charge is 0.178 e. The first-order chi connectivity index (χ1) is 11.0. The van der Waals surface area contributed by atoms with E-state index in [2.05, 4.69) is 9.97 Å². The van der Waals surface area contributed by atoms with Crippen molar-refractivity contribution in [3.63, 3.8) is 0 Å². The number of hydrogen-bond donors (Lipinski definition) is 0. The molecule has 0 unspecified atom stereocenters. The Hall–Kier alpha value is -2.62. The maximum absolute atomic E-state index is 14.3. The van der Waals surface area contributed by atoms with Crippen LogP contribution in [0, 0.1) is 5.82 Å². The minimum Gasteiger partial charge on any atom is -0.274 e. The summed E-state index contributed by atoms with van der Waals surface area (Å²) in [6.07, 6.45) is 2.37. The number of nitrogens with zero attached hydrogens (tertiary/aromatic N) is 3. The Morgan fingerprint density at radius 3 is 2.74 bits per heavy atom. The van der Waals surface area contributed by atoms with E-state index >= 15 is 0 Å². The highest BCUT2D eigenvalue weighted by Crippen LogP contribution is 2.30. The number of aromatic nitrogens is 2. The van der Waals surface area contributed by atoms with E-state index in [9.17, 15) is 4.39 Å². The molecule has 0 saturated heterocycles. The summed E-state index contributed by atoms with van der Waals surface area (Å²) in [5.74, 6) is 0.354. The normalized spacial score (nSPS) is 16.0. The molecular weight excluding hydrogens is 289 g/mol. The van der Waals surface area contributed by atoms with Crippen molar-refractivity contribution in [3.05, 3.63) is 71.4 Å². The Balaban J connectivity index is 1.95. The van der Waals surface area contributed by atoms with Gasteiger partial charge in [-0.2, -0.15) is 0 Å². The number of hydrogen-bond acceptors (Lipinski definition) is 3. The molecule has 23 heavy (non-hydrogen) atoms. The molecule has 0 amide bonds. The van der Waals surface area contributed by atoms with Crippen LogP contribution in [0.4, 0.5) is 4.39 Å². The van der Waals surface area contributed by atoms with E-state index in [0.717, 1.165) is 16.5 Å². The Morgan fingerprint density at radius 1 is 1.04 bits per heavy atom. The average molecular weight is 305 g/mol. The maximum Gasteiger partial charge on any atom is 0.178 e. The predicted octanol–water partition coefficient (Wildman–Crippen LogP) is 3.94. The largest absolute Gasteiger partial charge is 0.274 e. The highest BCUT2D eigenvalue weighted by Gasteiger charge is 2.30. The minimum absolute atomic E-state index is 0.191. The van der Waals surface area contributed by atoms with Crippen LogP contribution in [-0.2, 0) is 6.42 Å². The molecule has 3 nitrogen and oxygen atoms in total. The summed E-state index contributed by atoms with van der Waals surface area (Å²) in [6, 6.07) is 12.9. The van der Waals surface area contributed by atoms with E-state index in [0.29, 0.717) is 23.5 Å². The van der Waals surface area contributed by atoms with Crippen LogP contribution in [0.1, 0.15) is 30.8 Å². The third kappa shape index (κ3) is 2.40. The third-order valence-corrected chi connectivity index (χ3v) is 4.10. The van der Waals surface area contributed by atoms with Crippen molar-refractivity contribution in [2.45, 2.75) is 25.8 Å². The molecule has 0 N–H and O–H groups in total. The summed E-state index contributed by atoms with van der Waals surface area (Å²) in [5, 5.41) is 0.978. The molecule has 0 spiro atoms. The van der Waals surface area contributed by atoms with E-state index in [1.54, 1.807) is 12.3 Å². The van der Waals surface area contributed by atoms with Gasteiger partial charge < -0.3 is 0 Å². The van der Waals surface area contributed by atoms with Crippen LogP contribution in [0.15, 0.2) is 53.7 Å². The lowest BCUT2D eigenvalue weighted by molar-refractivity contribution is 0.492. The highest BCUT2D eigenvalue weighted by atomic mass is 19.1. The molecule has 4 rings (SSSR count). The van der Waals surface area contributed by atoms with Gasteiger partial charge >= 0.3 is 0 Å². The van der Waals surface area contributed by atoms with E-state index in [1.807, 2.05) is 44.2 Å². The molecule has 1 aliphatic rings. The Bertz CT molecular complexity index is 944. The molecule has 0 saturated carbocycles. The van der Waals surface area contributed by atoms with Gasteiger partial charge in [-0.25, -0.2) is 14.4 Å². The van der Waals surface area contributed by atoms with Gasteiger partial charge in [0.15, 0.2) is 5.82 Å². The zero-order chi connectivity index (χ0) is 16.0. The summed E-state index contributed by atoms with van der Waals surface area (Å²) in [6.45, 7) is 4.01. The number of halogens is 1. The van der Waals surface area contributed by atoms with Crippen molar-refractivity contribution in [1.82, 2.24) is 9.97 Å². The second-order valence-corrected chi connectivity index (χ2v) is 6.47. The molecule has 1 aliphatic heterocycles. The number of fused-ring (bicyclic) bond motifs is 2. The van der Waals surface area contributed by atoms with E-state index in [4.69, 9.17) is 4.99 Å². The molecule has 3 aromatic rings. The lowest BCUT2D eigenvalue weighted by Crippen LogP contribution is -2.31. The quantitative estimate of drug-likeness (QED) is 0.683. The maximum atomic E-state index is 14.3. The molecule has 0 radical (unpaired) electrons. The molecule has 4 heteroatoms. The molecule has 2 aromatic carbocycles. The first-order valence-corrected chi connectivity index (χ1v) is 7.63. The molecule has 0 bridgehead atoms. The van der Waals surface area contributed by atoms with Gasteiger partial charge in [0.25, 0.3) is 0 Å². The van der Waals surface area contributed by atoms with E-state index in [-0.39, 0.29) is 11.4 Å². The van der Waals surface area contributed by atoms with E-state index < -0.39 is 0 Å². The zero-order valence-corrected chi connectivity index (χ0v) is 13.0. The molecule has 0 aliphatic carbocycles. The lowest BCUT2D eigenvalue weighted by Gasteiger charge is -2.28. The highest BCUT2D eigenvalue weighted by molar-refractivity contribution is 6.12. The number of para-hydroxylation sites is 1. The molecular formula is C19H16FN3. The Kier molecular flexibility index (Phi) is 3.01. The van der Waals surface area contributed by atoms with Gasteiger partial charge in [0, 0.05) is 23.6 Å². The van der Waals surface area contributed by atoms with Gasteiger partial charge in [0.2, 0.25) is 0 Å². The van der Waals surface area contributed by atoms with Crippen LogP contribution in [0.5, 0.6) is 0 Å². The fraction of sp³-hybridized carbons (Fsp3) is 0.211. The van der Waals surface area contributed by atoms with Crippen LogP contribution in [0.2, 0.25) is 0 Å². The van der Waals surface area contributed by atoms with E-state index in [1.165, 1.54) is 6.07 Å². The first kappa shape index (κ1) is 14.0. The Morgan fingerprint density at radius 2 is 1.87 bits per heavy atom. The minimum atomic E-state index is -0.375. The number of benzene rings is 2. The van der Waals surface area contributed by atoms with Gasteiger partial charge in [0.1, 0.15) is 11.5 Å². The summed E-state index contributed by atoms with van der Waals surface area (Å²) < 4.78 is 14.3. The van der Waals surface area contributed by atoms with Crippen LogP contribution >= 0.6 is 0 Å². The van der Waals surface area contributed by atoms with Crippen molar-refractivity contribution in [2.75, 3.05) is 0 Å². The topological polar surface area (TPSA) is 38.1 Å². The summed E-state index contributed by atoms with van der Waals surface area (Å²) in [7, 11) is 0. The Labute approximate surface area is 133 Å². The monoisotopic (exact) mass is 305 g/mol. The molecule has 2 heterocycles. The van der Waals surface area contributed by atoms with Crippen molar-refractivity contribution >= 4 is 16.6 Å². The van der Waals surface area contributed by atoms with Gasteiger partial charge in [-0.1, -0.05) is 30.3 Å². The van der Waals surface area contributed by atoms with Crippen LogP contribution in [0.3, 0.4) is 0 Å². The molecule has 0 fully saturated rings. The molecule has 0 atom stereocenters. The van der Waals surface area contributed by atoms with Crippen molar-refractivity contribution < 1.29 is 4.39 Å². The van der Waals surface area contributed by atoms with Gasteiger partial charge in [-0.3, -0.25) is 4.99 Å². The van der Waals surface area contributed by atoms with Crippen LogP contribution in [-0.4, -0.2) is 21.2 Å². The number of aliphatic imine (C=N–C) groups is 1. The van der Waals surface area contributed by atoms with Crippen molar-refractivity contribution in [1.29, 1.82) is 0 Å². The summed E-state index contributed by atoms with van der Waals surface area (Å²) in [4.78, 5) is 13.9. The summed E-state index contributed by atoms with van der Waals surface area (Å²) >= 11 is 0. The third-order valence-electron chi connectivity index (χ3n) is 4.10. The van der Waals surface area contributed by atoms with Crippen molar-refractivity contribution in [2.24, 2.45) is 4.99 Å². The molecule has 1 aromatic heterocycles. The van der Waals surface area contributed by atoms with Gasteiger partial charge in [0.05, 0.1) is 11.1 Å². The summed E-state index contributed by atoms with van der Waals surface area (Å²) in [5.41, 5.74) is 2.64. The van der Waals surface area contributed by atoms with Crippen LogP contribution in [0.25, 0.3) is 10.9 Å². The molecule has 114 valence electrons. The lowest BCUT2D eigenvalue weighted by atomic mass is 9.86. The SMILES string of the molecule is CC1(C)Cc2c(F)cccc2C(c2ncc3ccccc3n2)=N1. The first-order valence-electron chi connectivity index (χ1n) is 7.63. The second-order valence-electron chi connectivity index (χ2n) is 6.47.